The number of carbonyl (C=O) groups excluding carboxylic acids is 2. The van der Waals surface area contributed by atoms with Crippen LogP contribution in [0.2, 0.25) is 0 Å². The summed E-state index contributed by atoms with van der Waals surface area (Å²) in [5.41, 5.74) is -2.90. The number of alkyl halides is 9. The highest BCUT2D eigenvalue weighted by Gasteiger charge is 2.41. The Hall–Kier alpha value is -3.65. The molecule has 0 radical (unpaired) electrons. The van der Waals surface area contributed by atoms with Crippen molar-refractivity contribution in [2.45, 2.75) is 71.1 Å². The van der Waals surface area contributed by atoms with Gasteiger partial charge in [-0.3, -0.25) is 4.90 Å². The van der Waals surface area contributed by atoms with Gasteiger partial charge in [0.05, 0.1) is 42.1 Å². The highest BCUT2D eigenvalue weighted by atomic mass is 19.4. The monoisotopic (exact) mass is 632 g/mol. The zero-order valence-corrected chi connectivity index (χ0v) is 24.2. The Morgan fingerprint density at radius 1 is 0.860 bits per heavy atom. The summed E-state index contributed by atoms with van der Waals surface area (Å²) < 4.78 is 121. The fourth-order valence-electron chi connectivity index (χ4n) is 4.20. The number of carbonyl (C=O) groups is 2. The van der Waals surface area contributed by atoms with E-state index in [1.54, 1.807) is 6.92 Å². The Labute approximate surface area is 243 Å². The van der Waals surface area contributed by atoms with Crippen molar-refractivity contribution in [1.29, 1.82) is 0 Å². The first-order valence-corrected chi connectivity index (χ1v) is 13.1. The third-order valence-corrected chi connectivity index (χ3v) is 6.22. The van der Waals surface area contributed by atoms with E-state index in [1.807, 2.05) is 20.8 Å². The highest BCUT2D eigenvalue weighted by molar-refractivity contribution is 5.90. The van der Waals surface area contributed by atoms with Crippen LogP contribution in [0.3, 0.4) is 0 Å². The number of hydrogen-bond donors (Lipinski definition) is 0. The van der Waals surface area contributed by atoms with E-state index in [1.165, 1.54) is 30.0 Å². The van der Waals surface area contributed by atoms with Crippen LogP contribution in [0, 0.1) is 0 Å². The summed E-state index contributed by atoms with van der Waals surface area (Å²) in [6.07, 6.45) is -14.5. The molecular formula is C28H33F9N2O4. The first kappa shape index (κ1) is 37.4. The van der Waals surface area contributed by atoms with Crippen molar-refractivity contribution in [3.63, 3.8) is 0 Å². The van der Waals surface area contributed by atoms with Crippen LogP contribution in [-0.4, -0.2) is 43.9 Å². The molecule has 0 fully saturated rings. The van der Waals surface area contributed by atoms with E-state index < -0.39 is 53.4 Å². The molecular weight excluding hydrogens is 599 g/mol. The lowest BCUT2D eigenvalue weighted by Gasteiger charge is -2.42. The van der Waals surface area contributed by atoms with Crippen molar-refractivity contribution >= 4 is 17.9 Å². The van der Waals surface area contributed by atoms with Gasteiger partial charge in [-0.2, -0.15) is 39.5 Å². The Balaban J connectivity index is 0.000000485. The molecule has 242 valence electrons. The van der Waals surface area contributed by atoms with Gasteiger partial charge in [0.1, 0.15) is 0 Å². The van der Waals surface area contributed by atoms with Crippen molar-refractivity contribution < 1.29 is 58.6 Å². The molecule has 0 aromatic heterocycles. The number of halogens is 9. The molecule has 0 bridgehead atoms. The molecule has 2 aromatic carbocycles. The molecule has 2 amide bonds. The summed E-state index contributed by atoms with van der Waals surface area (Å²) in [5.74, 6) is 0. The van der Waals surface area contributed by atoms with Crippen LogP contribution in [0.15, 0.2) is 42.5 Å². The van der Waals surface area contributed by atoms with Crippen LogP contribution in [0.4, 0.5) is 54.8 Å². The fourth-order valence-corrected chi connectivity index (χ4v) is 4.20. The molecule has 1 aliphatic heterocycles. The lowest BCUT2D eigenvalue weighted by atomic mass is 9.88. The van der Waals surface area contributed by atoms with E-state index in [-0.39, 0.29) is 30.7 Å². The van der Waals surface area contributed by atoms with Crippen molar-refractivity contribution in [3.05, 3.63) is 64.7 Å². The van der Waals surface area contributed by atoms with Crippen molar-refractivity contribution in [2.75, 3.05) is 25.7 Å². The van der Waals surface area contributed by atoms with E-state index in [0.717, 1.165) is 18.2 Å². The molecule has 0 saturated heterocycles. The number of fused-ring (bicyclic) bond motifs is 1. The molecule has 0 saturated carbocycles. The number of nitrogens with zero attached hydrogens (tertiary/aromatic N) is 2. The van der Waals surface area contributed by atoms with Gasteiger partial charge in [0, 0.05) is 13.1 Å². The van der Waals surface area contributed by atoms with E-state index in [4.69, 9.17) is 9.47 Å². The molecule has 6 nitrogen and oxygen atoms in total. The summed E-state index contributed by atoms with van der Waals surface area (Å²) in [4.78, 5) is 27.1. The van der Waals surface area contributed by atoms with Crippen molar-refractivity contribution in [3.8, 4) is 0 Å². The number of ether oxygens (including phenoxy) is 2. The maximum absolute atomic E-state index is 13.2. The van der Waals surface area contributed by atoms with E-state index in [9.17, 15) is 49.1 Å². The second kappa shape index (κ2) is 15.2. The summed E-state index contributed by atoms with van der Waals surface area (Å²) >= 11 is 0. The molecule has 2 aromatic rings. The lowest BCUT2D eigenvalue weighted by molar-refractivity contribution is -0.143. The van der Waals surface area contributed by atoms with Crippen LogP contribution in [0.25, 0.3) is 0 Å². The van der Waals surface area contributed by atoms with E-state index in [0.29, 0.717) is 24.2 Å². The van der Waals surface area contributed by atoms with Gasteiger partial charge >= 0.3 is 30.7 Å². The third kappa shape index (κ3) is 9.68. The molecule has 1 aliphatic rings. The molecule has 0 N–H and O–H groups in total. The zero-order valence-electron chi connectivity index (χ0n) is 24.2. The van der Waals surface area contributed by atoms with Gasteiger partial charge < -0.3 is 14.4 Å². The number of anilines is 1. The van der Waals surface area contributed by atoms with Gasteiger partial charge in [0.2, 0.25) is 0 Å². The predicted octanol–water partition coefficient (Wildman–Crippen LogP) is 9.34. The highest BCUT2D eigenvalue weighted by Crippen LogP contribution is 2.44. The summed E-state index contributed by atoms with van der Waals surface area (Å²) in [6, 6.07) is 4.18. The van der Waals surface area contributed by atoms with Gasteiger partial charge in [0.15, 0.2) is 0 Å². The van der Waals surface area contributed by atoms with Gasteiger partial charge in [-0.15, -0.1) is 0 Å². The summed E-state index contributed by atoms with van der Waals surface area (Å²) in [5, 5.41) is 0. The molecule has 15 heteroatoms. The molecule has 0 aliphatic carbocycles. The number of benzene rings is 2. The lowest BCUT2D eigenvalue weighted by Crippen LogP contribution is -2.48. The minimum Gasteiger partial charge on any atom is -0.453 e. The standard InChI is InChI=1S/C18H23F3N2O4.C8H4F6.C2H6/c1-5-12-10-15(22(3)16(24)26-4)13-9-11(18(19,20)21)7-8-14(13)23(12)17(25)27-6-2;9-7(10,11)5-2-1-3-6(4-5)8(12,13)14;1-2/h7-9,12,15H,5-6,10H2,1-4H3;1-4H;1-2H3/t12-,15+;;/m1../s1. The number of hydrogen-bond acceptors (Lipinski definition) is 4. The largest absolute Gasteiger partial charge is 0.453 e. The summed E-state index contributed by atoms with van der Waals surface area (Å²) in [7, 11) is 2.67. The van der Waals surface area contributed by atoms with Crippen LogP contribution >= 0.6 is 0 Å². The predicted molar refractivity (Wildman–Crippen MR) is 140 cm³/mol. The van der Waals surface area contributed by atoms with Crippen LogP contribution in [0.5, 0.6) is 0 Å². The molecule has 1 heterocycles. The fraction of sp³-hybridized carbons (Fsp3) is 0.500. The number of amides is 2. The van der Waals surface area contributed by atoms with Crippen molar-refractivity contribution in [2.24, 2.45) is 0 Å². The van der Waals surface area contributed by atoms with Crippen molar-refractivity contribution in [1.82, 2.24) is 4.90 Å². The van der Waals surface area contributed by atoms with Gasteiger partial charge in [-0.25, -0.2) is 9.59 Å². The molecule has 3 rings (SSSR count). The maximum Gasteiger partial charge on any atom is 0.416 e. The van der Waals surface area contributed by atoms with E-state index >= 15 is 0 Å². The first-order valence-electron chi connectivity index (χ1n) is 13.1. The number of rotatable bonds is 3. The van der Waals surface area contributed by atoms with Gasteiger partial charge in [0.25, 0.3) is 0 Å². The SMILES string of the molecule is CC.CCOC(=O)N1c2ccc(C(F)(F)F)cc2[C@@H](N(C)C(=O)OC)C[C@H]1CC.FC(F)(F)c1cccc(C(F)(F)F)c1. The molecule has 0 spiro atoms. The Bertz CT molecular complexity index is 1180. The smallest absolute Gasteiger partial charge is 0.416 e. The Kier molecular flexibility index (Phi) is 13.2. The molecule has 2 atom stereocenters. The van der Waals surface area contributed by atoms with Crippen LogP contribution in [-0.2, 0) is 28.0 Å². The van der Waals surface area contributed by atoms with Crippen LogP contribution in [0.1, 0.15) is 68.8 Å². The molecule has 43 heavy (non-hydrogen) atoms. The second-order valence-electron chi connectivity index (χ2n) is 8.81. The second-order valence-corrected chi connectivity index (χ2v) is 8.81. The number of methoxy groups -OCH3 is 1. The van der Waals surface area contributed by atoms with Gasteiger partial charge in [-0.05, 0) is 61.7 Å². The maximum atomic E-state index is 13.2. The first-order chi connectivity index (χ1) is 19.9. The van der Waals surface area contributed by atoms with E-state index in [2.05, 4.69) is 0 Å². The third-order valence-electron chi connectivity index (χ3n) is 6.22. The Morgan fingerprint density at radius 2 is 1.35 bits per heavy atom. The average molecular weight is 633 g/mol. The summed E-state index contributed by atoms with van der Waals surface area (Å²) in [6.45, 7) is 7.67. The topological polar surface area (TPSA) is 59.1 Å². The zero-order chi connectivity index (χ0) is 33.3. The Morgan fingerprint density at radius 3 is 1.77 bits per heavy atom. The quantitative estimate of drug-likeness (QED) is 0.317. The van der Waals surface area contributed by atoms with Crippen LogP contribution < -0.4 is 4.90 Å². The normalized spacial score (nSPS) is 16.5. The van der Waals surface area contributed by atoms with Gasteiger partial charge in [-0.1, -0.05) is 26.8 Å². The molecule has 0 unspecified atom stereocenters. The minimum absolute atomic E-state index is 0.0833. The minimum atomic E-state index is -4.75. The average Bonchev–Trinajstić information content (AvgIpc) is 2.95.